The van der Waals surface area contributed by atoms with Crippen LogP contribution in [0, 0.1) is 17.8 Å². The van der Waals surface area contributed by atoms with Crippen LogP contribution in [0.1, 0.15) is 48.7 Å². The smallest absolute Gasteiger partial charge is 0.255 e. The van der Waals surface area contributed by atoms with Crippen molar-refractivity contribution in [3.63, 3.8) is 0 Å². The monoisotopic (exact) mass is 416 g/mol. The van der Waals surface area contributed by atoms with E-state index in [1.165, 1.54) is 4.90 Å². The maximum atomic E-state index is 13.0. The van der Waals surface area contributed by atoms with Gasteiger partial charge < -0.3 is 5.32 Å². The van der Waals surface area contributed by atoms with Crippen LogP contribution in [0.3, 0.4) is 0 Å². The second-order valence-corrected chi connectivity index (χ2v) is 8.33. The molecule has 0 aromatic heterocycles. The van der Waals surface area contributed by atoms with Crippen molar-refractivity contribution in [3.05, 3.63) is 71.3 Å². The SMILES string of the molecule is CCc1cccc(CC)c1NC(=O)c1ccc(N2C(=O)[C@@H]3[C@H](CC=C[C@@H]3C)C2=O)cc1. The molecule has 0 saturated carbocycles. The summed E-state index contributed by atoms with van der Waals surface area (Å²) in [5, 5.41) is 3.06. The van der Waals surface area contributed by atoms with Crippen LogP contribution < -0.4 is 10.2 Å². The molecular formula is C26H28N2O3. The first-order valence-electron chi connectivity index (χ1n) is 11.0. The molecule has 3 atom stereocenters. The van der Waals surface area contributed by atoms with Gasteiger partial charge in [-0.25, -0.2) is 0 Å². The lowest BCUT2D eigenvalue weighted by atomic mass is 9.78. The fourth-order valence-electron chi connectivity index (χ4n) is 4.75. The van der Waals surface area contributed by atoms with Crippen molar-refractivity contribution in [3.8, 4) is 0 Å². The quantitative estimate of drug-likeness (QED) is 0.564. The van der Waals surface area contributed by atoms with E-state index in [2.05, 4.69) is 19.2 Å². The zero-order valence-electron chi connectivity index (χ0n) is 18.2. The molecule has 31 heavy (non-hydrogen) atoms. The number of imide groups is 1. The molecule has 1 aliphatic carbocycles. The first-order valence-corrected chi connectivity index (χ1v) is 11.0. The number of aryl methyl sites for hydroxylation is 2. The largest absolute Gasteiger partial charge is 0.321 e. The fourth-order valence-corrected chi connectivity index (χ4v) is 4.75. The highest BCUT2D eigenvalue weighted by atomic mass is 16.2. The van der Waals surface area contributed by atoms with Gasteiger partial charge in [0.2, 0.25) is 11.8 Å². The molecule has 1 aliphatic heterocycles. The number of amides is 3. The van der Waals surface area contributed by atoms with E-state index < -0.39 is 0 Å². The van der Waals surface area contributed by atoms with Crippen molar-refractivity contribution in [1.82, 2.24) is 0 Å². The average Bonchev–Trinajstić information content (AvgIpc) is 3.05. The van der Waals surface area contributed by atoms with Gasteiger partial charge in [-0.1, -0.05) is 51.1 Å². The summed E-state index contributed by atoms with van der Waals surface area (Å²) in [5.74, 6) is -1.02. The summed E-state index contributed by atoms with van der Waals surface area (Å²) in [6.07, 6.45) is 6.27. The number of carbonyl (C=O) groups excluding carboxylic acids is 3. The lowest BCUT2D eigenvalue weighted by molar-refractivity contribution is -0.122. The predicted octanol–water partition coefficient (Wildman–Crippen LogP) is 4.77. The summed E-state index contributed by atoms with van der Waals surface area (Å²) in [7, 11) is 0. The van der Waals surface area contributed by atoms with E-state index in [1.807, 2.05) is 37.3 Å². The van der Waals surface area contributed by atoms with Crippen LogP contribution in [0.5, 0.6) is 0 Å². The van der Waals surface area contributed by atoms with Gasteiger partial charge in [0.1, 0.15) is 0 Å². The predicted molar refractivity (Wildman–Crippen MR) is 122 cm³/mol. The molecule has 4 rings (SSSR count). The van der Waals surface area contributed by atoms with Crippen LogP contribution in [0.15, 0.2) is 54.6 Å². The van der Waals surface area contributed by atoms with E-state index in [-0.39, 0.29) is 35.5 Å². The van der Waals surface area contributed by atoms with Crippen molar-refractivity contribution in [2.45, 2.75) is 40.0 Å². The van der Waals surface area contributed by atoms with Crippen molar-refractivity contribution in [1.29, 1.82) is 0 Å². The molecule has 0 bridgehead atoms. The Bertz CT molecular complexity index is 1030. The molecule has 1 fully saturated rings. The lowest BCUT2D eigenvalue weighted by Crippen LogP contribution is -2.31. The Labute approximate surface area is 183 Å². The number of carbonyl (C=O) groups is 3. The van der Waals surface area contributed by atoms with E-state index in [4.69, 9.17) is 0 Å². The summed E-state index contributed by atoms with van der Waals surface area (Å²) in [4.78, 5) is 40.0. The minimum absolute atomic E-state index is 0.0525. The third kappa shape index (κ3) is 3.69. The molecular weight excluding hydrogens is 388 g/mol. The molecule has 5 heteroatoms. The first kappa shape index (κ1) is 21.0. The third-order valence-electron chi connectivity index (χ3n) is 6.50. The minimum atomic E-state index is -0.293. The standard InChI is InChI=1S/C26H28N2O3/c1-4-17-9-7-10-18(5-2)23(17)27-24(29)19-12-14-20(15-13-19)28-25(30)21-11-6-8-16(3)22(21)26(28)31/h6-10,12-16,21-22H,4-5,11H2,1-3H3,(H,27,29)/t16-,21-,22-/m0/s1. The van der Waals surface area contributed by atoms with E-state index in [1.54, 1.807) is 24.3 Å². The molecule has 1 saturated heterocycles. The van der Waals surface area contributed by atoms with Gasteiger partial charge in [-0.05, 0) is 60.6 Å². The number of rotatable bonds is 5. The van der Waals surface area contributed by atoms with Gasteiger partial charge in [0.25, 0.3) is 5.91 Å². The number of nitrogens with zero attached hydrogens (tertiary/aromatic N) is 1. The highest BCUT2D eigenvalue weighted by Gasteiger charge is 2.50. The summed E-state index contributed by atoms with van der Waals surface area (Å²) in [6.45, 7) is 6.11. The number of hydrogen-bond acceptors (Lipinski definition) is 3. The second-order valence-electron chi connectivity index (χ2n) is 8.33. The van der Waals surface area contributed by atoms with Crippen molar-refractivity contribution >= 4 is 29.1 Å². The molecule has 2 aromatic rings. The van der Waals surface area contributed by atoms with Crippen LogP contribution in [0.4, 0.5) is 11.4 Å². The highest BCUT2D eigenvalue weighted by molar-refractivity contribution is 6.22. The Balaban J connectivity index is 1.55. The summed E-state index contributed by atoms with van der Waals surface area (Å²) in [5.41, 5.74) is 4.09. The number of allylic oxidation sites excluding steroid dienone is 2. The minimum Gasteiger partial charge on any atom is -0.321 e. The highest BCUT2D eigenvalue weighted by Crippen LogP contribution is 2.40. The summed E-state index contributed by atoms with van der Waals surface area (Å²) < 4.78 is 0. The summed E-state index contributed by atoms with van der Waals surface area (Å²) in [6, 6.07) is 12.8. The molecule has 1 heterocycles. The second kappa shape index (κ2) is 8.50. The van der Waals surface area contributed by atoms with Gasteiger partial charge in [-0.3, -0.25) is 19.3 Å². The van der Waals surface area contributed by atoms with Crippen LogP contribution in [-0.2, 0) is 22.4 Å². The molecule has 0 unspecified atom stereocenters. The molecule has 160 valence electrons. The maximum absolute atomic E-state index is 13.0. The molecule has 0 spiro atoms. The van der Waals surface area contributed by atoms with E-state index in [0.29, 0.717) is 17.7 Å². The average molecular weight is 417 g/mol. The number of anilines is 2. The van der Waals surface area contributed by atoms with Gasteiger partial charge in [-0.2, -0.15) is 0 Å². The van der Waals surface area contributed by atoms with Crippen LogP contribution in [0.25, 0.3) is 0 Å². The lowest BCUT2D eigenvalue weighted by Gasteiger charge is -2.22. The van der Waals surface area contributed by atoms with E-state index in [9.17, 15) is 14.4 Å². The number of hydrogen-bond donors (Lipinski definition) is 1. The van der Waals surface area contributed by atoms with Crippen molar-refractivity contribution < 1.29 is 14.4 Å². The van der Waals surface area contributed by atoms with Gasteiger partial charge >= 0.3 is 0 Å². The molecule has 3 amide bonds. The zero-order chi connectivity index (χ0) is 22.1. The number of para-hydroxylation sites is 1. The van der Waals surface area contributed by atoms with E-state index >= 15 is 0 Å². The topological polar surface area (TPSA) is 66.5 Å². The molecule has 2 aromatic carbocycles. The van der Waals surface area contributed by atoms with E-state index in [0.717, 1.165) is 29.7 Å². The van der Waals surface area contributed by atoms with Crippen LogP contribution >= 0.6 is 0 Å². The Hall–Kier alpha value is -3.21. The van der Waals surface area contributed by atoms with Gasteiger partial charge in [-0.15, -0.1) is 0 Å². The molecule has 0 radical (unpaired) electrons. The summed E-state index contributed by atoms with van der Waals surface area (Å²) >= 11 is 0. The first-order chi connectivity index (χ1) is 15.0. The fraction of sp³-hybridized carbons (Fsp3) is 0.346. The van der Waals surface area contributed by atoms with Crippen LogP contribution in [-0.4, -0.2) is 17.7 Å². The molecule has 1 N–H and O–H groups in total. The Morgan fingerprint density at radius 3 is 2.23 bits per heavy atom. The maximum Gasteiger partial charge on any atom is 0.255 e. The van der Waals surface area contributed by atoms with Crippen molar-refractivity contribution in [2.75, 3.05) is 10.2 Å². The Morgan fingerprint density at radius 1 is 1.00 bits per heavy atom. The normalized spacial score (nSPS) is 22.5. The van der Waals surface area contributed by atoms with Gasteiger partial charge in [0.05, 0.1) is 17.5 Å². The van der Waals surface area contributed by atoms with Gasteiger partial charge in [0, 0.05) is 11.3 Å². The Morgan fingerprint density at radius 2 is 1.65 bits per heavy atom. The van der Waals surface area contributed by atoms with Gasteiger partial charge in [0.15, 0.2) is 0 Å². The van der Waals surface area contributed by atoms with Crippen LogP contribution in [0.2, 0.25) is 0 Å². The number of nitrogens with one attached hydrogen (secondary N) is 1. The Kier molecular flexibility index (Phi) is 5.77. The number of fused-ring (bicyclic) bond motifs is 1. The number of benzene rings is 2. The molecule has 2 aliphatic rings. The molecule has 5 nitrogen and oxygen atoms in total. The zero-order valence-corrected chi connectivity index (χ0v) is 18.2. The van der Waals surface area contributed by atoms with Crippen molar-refractivity contribution in [2.24, 2.45) is 17.8 Å². The third-order valence-corrected chi connectivity index (χ3v) is 6.50.